The molecule has 0 fully saturated rings. The van der Waals surface area contributed by atoms with E-state index in [9.17, 15) is 4.79 Å². The number of benzene rings is 1. The highest BCUT2D eigenvalue weighted by molar-refractivity contribution is 5.97. The Morgan fingerprint density at radius 2 is 2.00 bits per heavy atom. The molecular weight excluding hydrogens is 200 g/mol. The number of hydrogen-bond acceptors (Lipinski definition) is 2. The number of furan rings is 1. The molecular formula is C14H14O2. The highest BCUT2D eigenvalue weighted by atomic mass is 16.3. The van der Waals surface area contributed by atoms with E-state index in [0.717, 1.165) is 16.9 Å². The summed E-state index contributed by atoms with van der Waals surface area (Å²) < 4.78 is 5.20. The smallest absolute Gasteiger partial charge is 0.163 e. The second-order valence-electron chi connectivity index (χ2n) is 3.82. The topological polar surface area (TPSA) is 30.2 Å². The lowest BCUT2D eigenvalue weighted by Crippen LogP contribution is -2.02. The molecule has 0 spiro atoms. The zero-order chi connectivity index (χ0) is 11.4. The maximum Gasteiger partial charge on any atom is 0.163 e. The van der Waals surface area contributed by atoms with Gasteiger partial charge < -0.3 is 4.42 Å². The first-order valence-corrected chi connectivity index (χ1v) is 5.38. The molecule has 2 rings (SSSR count). The SMILES string of the molecule is Cc1ccccc1C(=O)CCc1ccco1. The van der Waals surface area contributed by atoms with Crippen molar-refractivity contribution in [3.63, 3.8) is 0 Å². The molecule has 0 aliphatic rings. The van der Waals surface area contributed by atoms with Crippen LogP contribution < -0.4 is 0 Å². The van der Waals surface area contributed by atoms with Gasteiger partial charge in [0.25, 0.3) is 0 Å². The minimum absolute atomic E-state index is 0.175. The molecule has 0 saturated carbocycles. The van der Waals surface area contributed by atoms with Crippen molar-refractivity contribution < 1.29 is 9.21 Å². The van der Waals surface area contributed by atoms with Crippen molar-refractivity contribution in [1.29, 1.82) is 0 Å². The van der Waals surface area contributed by atoms with Gasteiger partial charge in [-0.3, -0.25) is 4.79 Å². The Balaban J connectivity index is 2.01. The van der Waals surface area contributed by atoms with Crippen molar-refractivity contribution in [2.24, 2.45) is 0 Å². The van der Waals surface area contributed by atoms with E-state index in [1.807, 2.05) is 43.3 Å². The fourth-order valence-corrected chi connectivity index (χ4v) is 1.71. The molecule has 2 nitrogen and oxygen atoms in total. The van der Waals surface area contributed by atoms with Crippen LogP contribution in [-0.2, 0) is 6.42 Å². The third-order valence-electron chi connectivity index (χ3n) is 2.62. The van der Waals surface area contributed by atoms with Crippen LogP contribution in [0.3, 0.4) is 0 Å². The molecule has 16 heavy (non-hydrogen) atoms. The van der Waals surface area contributed by atoms with Crippen LogP contribution in [0, 0.1) is 6.92 Å². The normalized spacial score (nSPS) is 10.3. The van der Waals surface area contributed by atoms with Crippen LogP contribution in [0.15, 0.2) is 47.1 Å². The third-order valence-corrected chi connectivity index (χ3v) is 2.62. The monoisotopic (exact) mass is 214 g/mol. The van der Waals surface area contributed by atoms with E-state index in [0.29, 0.717) is 12.8 Å². The molecule has 1 aromatic carbocycles. The summed E-state index contributed by atoms with van der Waals surface area (Å²) in [4.78, 5) is 11.9. The van der Waals surface area contributed by atoms with Crippen LogP contribution in [0.2, 0.25) is 0 Å². The molecule has 0 radical (unpaired) electrons. The minimum Gasteiger partial charge on any atom is -0.469 e. The molecule has 0 amide bonds. The van der Waals surface area contributed by atoms with Gasteiger partial charge in [-0.15, -0.1) is 0 Å². The summed E-state index contributed by atoms with van der Waals surface area (Å²) in [7, 11) is 0. The Kier molecular flexibility index (Phi) is 3.20. The third kappa shape index (κ3) is 2.40. The van der Waals surface area contributed by atoms with Gasteiger partial charge in [0.1, 0.15) is 5.76 Å². The maximum atomic E-state index is 11.9. The lowest BCUT2D eigenvalue weighted by Gasteiger charge is -2.03. The van der Waals surface area contributed by atoms with Crippen molar-refractivity contribution in [2.75, 3.05) is 0 Å². The van der Waals surface area contributed by atoms with Crippen LogP contribution >= 0.6 is 0 Å². The van der Waals surface area contributed by atoms with Crippen LogP contribution in [0.5, 0.6) is 0 Å². The van der Waals surface area contributed by atoms with Crippen molar-refractivity contribution in [3.8, 4) is 0 Å². The van der Waals surface area contributed by atoms with Gasteiger partial charge in [-0.2, -0.15) is 0 Å². The number of carbonyl (C=O) groups is 1. The van der Waals surface area contributed by atoms with Crippen molar-refractivity contribution in [2.45, 2.75) is 19.8 Å². The molecule has 0 atom stereocenters. The fourth-order valence-electron chi connectivity index (χ4n) is 1.71. The quantitative estimate of drug-likeness (QED) is 0.730. The Hall–Kier alpha value is -1.83. The Morgan fingerprint density at radius 3 is 2.69 bits per heavy atom. The second-order valence-corrected chi connectivity index (χ2v) is 3.82. The van der Waals surface area contributed by atoms with Crippen molar-refractivity contribution in [1.82, 2.24) is 0 Å². The van der Waals surface area contributed by atoms with E-state index < -0.39 is 0 Å². The Bertz CT molecular complexity index is 469. The first kappa shape index (κ1) is 10.7. The summed E-state index contributed by atoms with van der Waals surface area (Å²) in [5.74, 6) is 1.04. The van der Waals surface area contributed by atoms with Crippen LogP contribution in [0.25, 0.3) is 0 Å². The molecule has 0 unspecified atom stereocenters. The molecule has 0 saturated heterocycles. The number of carbonyl (C=O) groups excluding carboxylic acids is 1. The summed E-state index contributed by atoms with van der Waals surface area (Å²) in [6.07, 6.45) is 2.80. The average Bonchev–Trinajstić information content (AvgIpc) is 2.79. The van der Waals surface area contributed by atoms with Gasteiger partial charge in [-0.1, -0.05) is 24.3 Å². The number of Topliss-reactive ketones (excluding diaryl/α,β-unsaturated/α-hetero) is 1. The summed E-state index contributed by atoms with van der Waals surface area (Å²) in [5, 5.41) is 0. The van der Waals surface area contributed by atoms with Crippen LogP contribution in [-0.4, -0.2) is 5.78 Å². The largest absolute Gasteiger partial charge is 0.469 e. The van der Waals surface area contributed by atoms with E-state index in [4.69, 9.17) is 4.42 Å². The molecule has 2 heteroatoms. The zero-order valence-corrected chi connectivity index (χ0v) is 9.27. The van der Waals surface area contributed by atoms with E-state index in [-0.39, 0.29) is 5.78 Å². The second kappa shape index (κ2) is 4.79. The first-order chi connectivity index (χ1) is 7.77. The van der Waals surface area contributed by atoms with Gasteiger partial charge in [0.15, 0.2) is 5.78 Å². The zero-order valence-electron chi connectivity index (χ0n) is 9.27. The summed E-state index contributed by atoms with van der Waals surface area (Å²) >= 11 is 0. The molecule has 0 N–H and O–H groups in total. The Labute approximate surface area is 94.9 Å². The minimum atomic E-state index is 0.175. The molecule has 82 valence electrons. The van der Waals surface area contributed by atoms with E-state index >= 15 is 0 Å². The molecule has 0 aliphatic heterocycles. The molecule has 2 aromatic rings. The van der Waals surface area contributed by atoms with Crippen LogP contribution in [0.1, 0.15) is 28.1 Å². The van der Waals surface area contributed by atoms with E-state index in [1.165, 1.54) is 0 Å². The van der Waals surface area contributed by atoms with E-state index in [1.54, 1.807) is 6.26 Å². The summed E-state index contributed by atoms with van der Waals surface area (Å²) in [6, 6.07) is 11.4. The molecule has 0 bridgehead atoms. The van der Waals surface area contributed by atoms with Gasteiger partial charge >= 0.3 is 0 Å². The lowest BCUT2D eigenvalue weighted by molar-refractivity contribution is 0.0980. The maximum absolute atomic E-state index is 11.9. The van der Waals surface area contributed by atoms with E-state index in [2.05, 4.69) is 0 Å². The number of hydrogen-bond donors (Lipinski definition) is 0. The highest BCUT2D eigenvalue weighted by Crippen LogP contribution is 2.12. The number of aryl methyl sites for hydroxylation is 2. The average molecular weight is 214 g/mol. The predicted molar refractivity (Wildman–Crippen MR) is 62.5 cm³/mol. The molecule has 1 aromatic heterocycles. The van der Waals surface area contributed by atoms with Crippen molar-refractivity contribution >= 4 is 5.78 Å². The predicted octanol–water partition coefficient (Wildman–Crippen LogP) is 3.40. The summed E-state index contributed by atoms with van der Waals surface area (Å²) in [6.45, 7) is 1.96. The highest BCUT2D eigenvalue weighted by Gasteiger charge is 2.08. The van der Waals surface area contributed by atoms with Gasteiger partial charge in [-0.25, -0.2) is 0 Å². The number of rotatable bonds is 4. The lowest BCUT2D eigenvalue weighted by atomic mass is 10.0. The van der Waals surface area contributed by atoms with Gasteiger partial charge in [0.05, 0.1) is 6.26 Å². The standard InChI is InChI=1S/C14H14O2/c1-11-5-2-3-7-13(11)14(15)9-8-12-6-4-10-16-12/h2-7,10H,8-9H2,1H3. The fraction of sp³-hybridized carbons (Fsp3) is 0.214. The Morgan fingerprint density at radius 1 is 1.19 bits per heavy atom. The van der Waals surface area contributed by atoms with Crippen molar-refractivity contribution in [3.05, 3.63) is 59.5 Å². The van der Waals surface area contributed by atoms with Gasteiger partial charge in [0.2, 0.25) is 0 Å². The van der Waals surface area contributed by atoms with Gasteiger partial charge in [0, 0.05) is 18.4 Å². The molecule has 1 heterocycles. The summed E-state index contributed by atoms with van der Waals surface area (Å²) in [5.41, 5.74) is 1.85. The van der Waals surface area contributed by atoms with Crippen LogP contribution in [0.4, 0.5) is 0 Å². The molecule has 0 aliphatic carbocycles. The number of ketones is 1. The van der Waals surface area contributed by atoms with Gasteiger partial charge in [-0.05, 0) is 24.6 Å². The first-order valence-electron chi connectivity index (χ1n) is 5.38.